The highest BCUT2D eigenvalue weighted by Gasteiger charge is 2.26. The number of halogens is 2. The molecule has 5 nitrogen and oxygen atoms in total. The van der Waals surface area contributed by atoms with Gasteiger partial charge in [-0.1, -0.05) is 41.4 Å². The second kappa shape index (κ2) is 4.73. The Bertz CT molecular complexity index is 540. The van der Waals surface area contributed by atoms with Crippen molar-refractivity contribution in [1.29, 1.82) is 0 Å². The normalized spacial score (nSPS) is 10.8. The molecule has 0 fully saturated rings. The average Bonchev–Trinajstić information content (AvgIpc) is 2.74. The van der Waals surface area contributed by atoms with E-state index in [-0.39, 0.29) is 11.4 Å². The molecule has 1 aromatic carbocycles. The highest BCUT2D eigenvalue weighted by molar-refractivity contribution is 6.44. The van der Waals surface area contributed by atoms with Crippen LogP contribution in [0.3, 0.4) is 0 Å². The fourth-order valence-electron chi connectivity index (χ4n) is 1.40. The maximum atomic E-state index is 10.8. The number of hydrogen-bond acceptors (Lipinski definition) is 3. The number of rotatable bonds is 3. The minimum Gasteiger partial charge on any atom is -0.258 e. The Morgan fingerprint density at radius 1 is 1.35 bits per heavy atom. The lowest BCUT2D eigenvalue weighted by atomic mass is 10.3. The van der Waals surface area contributed by atoms with Crippen LogP contribution in [0, 0.1) is 16.3 Å². The van der Waals surface area contributed by atoms with Crippen molar-refractivity contribution in [3.8, 4) is 5.69 Å². The first-order chi connectivity index (χ1) is 8.11. The highest BCUT2D eigenvalue weighted by Crippen LogP contribution is 2.33. The number of nitro groups is 1. The first kappa shape index (κ1) is 11.9. The summed E-state index contributed by atoms with van der Waals surface area (Å²) in [4.78, 5) is 9.12. The quantitative estimate of drug-likeness (QED) is 0.489. The van der Waals surface area contributed by atoms with Gasteiger partial charge in [0, 0.05) is 0 Å². The van der Waals surface area contributed by atoms with Crippen molar-refractivity contribution in [1.82, 2.24) is 9.78 Å². The Hall–Kier alpha value is -1.59. The third kappa shape index (κ3) is 2.25. The van der Waals surface area contributed by atoms with E-state index in [1.807, 2.05) is 6.07 Å². The SMILES string of the molecule is O=[N+]([O-])c1[c]nn(-c2ccccc2)c1C(Cl)Cl. The van der Waals surface area contributed by atoms with Gasteiger partial charge in [0.25, 0.3) is 0 Å². The minimum absolute atomic E-state index is 0.101. The largest absolute Gasteiger partial charge is 0.323 e. The van der Waals surface area contributed by atoms with E-state index in [4.69, 9.17) is 23.2 Å². The molecule has 0 aliphatic rings. The molecule has 0 unspecified atom stereocenters. The summed E-state index contributed by atoms with van der Waals surface area (Å²) >= 11 is 11.5. The van der Waals surface area contributed by atoms with Crippen LogP contribution in [0.1, 0.15) is 10.5 Å². The molecule has 1 aromatic heterocycles. The molecule has 0 saturated heterocycles. The topological polar surface area (TPSA) is 61.0 Å². The van der Waals surface area contributed by atoms with Crippen LogP contribution >= 0.6 is 23.2 Å². The number of benzene rings is 1. The summed E-state index contributed by atoms with van der Waals surface area (Å²) in [7, 11) is 0. The number of alkyl halides is 2. The number of para-hydroxylation sites is 1. The van der Waals surface area contributed by atoms with Gasteiger partial charge in [0.05, 0.1) is 10.6 Å². The molecule has 0 saturated carbocycles. The predicted molar refractivity (Wildman–Crippen MR) is 63.5 cm³/mol. The Morgan fingerprint density at radius 3 is 2.53 bits per heavy atom. The molecule has 0 atom stereocenters. The van der Waals surface area contributed by atoms with Crippen LogP contribution in [0.4, 0.5) is 5.69 Å². The fourth-order valence-corrected chi connectivity index (χ4v) is 1.80. The van der Waals surface area contributed by atoms with Crippen molar-refractivity contribution >= 4 is 28.9 Å². The maximum absolute atomic E-state index is 10.8. The monoisotopic (exact) mass is 270 g/mol. The van der Waals surface area contributed by atoms with E-state index in [1.54, 1.807) is 24.3 Å². The van der Waals surface area contributed by atoms with Gasteiger partial charge in [-0.2, -0.15) is 5.10 Å². The molecular formula is C10H6Cl2N3O2. The van der Waals surface area contributed by atoms with Gasteiger partial charge in [-0.15, -0.1) is 0 Å². The second-order valence-corrected chi connectivity index (χ2v) is 4.25. The molecule has 0 amide bonds. The van der Waals surface area contributed by atoms with Gasteiger partial charge in [-0.05, 0) is 12.1 Å². The van der Waals surface area contributed by atoms with E-state index in [1.165, 1.54) is 4.68 Å². The Labute approximate surface area is 107 Å². The molecule has 2 aromatic rings. The lowest BCUT2D eigenvalue weighted by molar-refractivity contribution is -0.385. The molecular weight excluding hydrogens is 265 g/mol. The zero-order chi connectivity index (χ0) is 12.4. The summed E-state index contributed by atoms with van der Waals surface area (Å²) in [6, 6.07) is 8.87. The van der Waals surface area contributed by atoms with Crippen LogP contribution in [0.5, 0.6) is 0 Å². The molecule has 0 aliphatic heterocycles. The Balaban J connectivity index is 2.60. The van der Waals surface area contributed by atoms with E-state index >= 15 is 0 Å². The third-order valence-corrected chi connectivity index (χ3v) is 2.53. The zero-order valence-electron chi connectivity index (χ0n) is 8.38. The van der Waals surface area contributed by atoms with E-state index in [2.05, 4.69) is 11.3 Å². The highest BCUT2D eigenvalue weighted by atomic mass is 35.5. The van der Waals surface area contributed by atoms with Crippen molar-refractivity contribution in [3.05, 3.63) is 52.3 Å². The smallest absolute Gasteiger partial charge is 0.258 e. The van der Waals surface area contributed by atoms with Crippen molar-refractivity contribution in [2.45, 2.75) is 4.84 Å². The summed E-state index contributed by atoms with van der Waals surface area (Å²) in [5, 5.41) is 14.6. The summed E-state index contributed by atoms with van der Waals surface area (Å²) in [5.41, 5.74) is 0.423. The van der Waals surface area contributed by atoms with E-state index in [0.717, 1.165) is 0 Å². The zero-order valence-corrected chi connectivity index (χ0v) is 9.89. The van der Waals surface area contributed by atoms with Gasteiger partial charge >= 0.3 is 5.69 Å². The van der Waals surface area contributed by atoms with Gasteiger partial charge in [-0.3, -0.25) is 10.1 Å². The van der Waals surface area contributed by atoms with Gasteiger partial charge in [0.15, 0.2) is 16.7 Å². The number of aromatic nitrogens is 2. The molecule has 7 heteroatoms. The Morgan fingerprint density at radius 2 is 2.00 bits per heavy atom. The average molecular weight is 271 g/mol. The minimum atomic E-state index is -1.05. The lowest BCUT2D eigenvalue weighted by Crippen LogP contribution is -2.03. The summed E-state index contributed by atoms with van der Waals surface area (Å²) in [6.07, 6.45) is 2.30. The van der Waals surface area contributed by atoms with Gasteiger partial charge in [0.2, 0.25) is 0 Å². The molecule has 2 rings (SSSR count). The van der Waals surface area contributed by atoms with Crippen molar-refractivity contribution < 1.29 is 4.92 Å². The molecule has 0 N–H and O–H groups in total. The molecule has 0 spiro atoms. The number of nitrogens with zero attached hydrogens (tertiary/aromatic N) is 3. The van der Waals surface area contributed by atoms with Crippen LogP contribution < -0.4 is 0 Å². The van der Waals surface area contributed by atoms with Crippen molar-refractivity contribution in [3.63, 3.8) is 0 Å². The number of hydrogen-bond donors (Lipinski definition) is 0. The summed E-state index contributed by atoms with van der Waals surface area (Å²) < 4.78 is 1.31. The second-order valence-electron chi connectivity index (χ2n) is 3.15. The standard InChI is InChI=1S/C10H6Cl2N3O2/c11-10(12)9-8(15(16)17)6-13-14(9)7-4-2-1-3-5-7/h1-5,10H. The molecule has 17 heavy (non-hydrogen) atoms. The van der Waals surface area contributed by atoms with E-state index in [9.17, 15) is 10.1 Å². The van der Waals surface area contributed by atoms with Gasteiger partial charge in [-0.25, -0.2) is 4.68 Å². The Kier molecular flexibility index (Phi) is 3.31. The molecule has 1 radical (unpaired) electrons. The molecule has 1 heterocycles. The first-order valence-electron chi connectivity index (χ1n) is 4.60. The first-order valence-corrected chi connectivity index (χ1v) is 5.47. The van der Waals surface area contributed by atoms with Gasteiger partial charge in [0.1, 0.15) is 0 Å². The van der Waals surface area contributed by atoms with Crippen LogP contribution in [0.25, 0.3) is 5.69 Å². The summed E-state index contributed by atoms with van der Waals surface area (Å²) in [5.74, 6) is 0. The van der Waals surface area contributed by atoms with Crippen LogP contribution in [0.2, 0.25) is 0 Å². The van der Waals surface area contributed by atoms with Gasteiger partial charge < -0.3 is 0 Å². The lowest BCUT2D eigenvalue weighted by Gasteiger charge is -2.06. The van der Waals surface area contributed by atoms with Crippen LogP contribution in [0.15, 0.2) is 30.3 Å². The van der Waals surface area contributed by atoms with Crippen LogP contribution in [-0.4, -0.2) is 14.7 Å². The van der Waals surface area contributed by atoms with Crippen molar-refractivity contribution in [2.24, 2.45) is 0 Å². The predicted octanol–water partition coefficient (Wildman–Crippen LogP) is 3.06. The van der Waals surface area contributed by atoms with E-state index in [0.29, 0.717) is 5.69 Å². The fraction of sp³-hybridized carbons (Fsp3) is 0.100. The third-order valence-electron chi connectivity index (χ3n) is 2.12. The van der Waals surface area contributed by atoms with Crippen LogP contribution in [-0.2, 0) is 0 Å². The van der Waals surface area contributed by atoms with E-state index < -0.39 is 9.76 Å². The maximum Gasteiger partial charge on any atom is 0.323 e. The molecule has 87 valence electrons. The molecule has 0 aliphatic carbocycles. The molecule has 0 bridgehead atoms. The van der Waals surface area contributed by atoms with Crippen molar-refractivity contribution in [2.75, 3.05) is 0 Å². The summed E-state index contributed by atoms with van der Waals surface area (Å²) in [6.45, 7) is 0.